The average Bonchev–Trinajstić information content (AvgIpc) is 2.08. The first kappa shape index (κ1) is 9.47. The fourth-order valence-electron chi connectivity index (χ4n) is 0.675. The molecule has 5 nitrogen and oxygen atoms in total. The van der Waals surface area contributed by atoms with Gasteiger partial charge in [-0.2, -0.15) is 5.43 Å². The zero-order chi connectivity index (χ0) is 9.68. The lowest BCUT2D eigenvalue weighted by molar-refractivity contribution is -0.339. The molecule has 13 heavy (non-hydrogen) atoms. The van der Waals surface area contributed by atoms with E-state index in [1.54, 1.807) is 24.3 Å². The largest absolute Gasteiger partial charge is 0.358 e. The highest BCUT2D eigenvalue weighted by molar-refractivity contribution is 6.30. The smallest absolute Gasteiger partial charge is 0.352 e. The minimum absolute atomic E-state index is 0.578. The molecule has 0 aliphatic rings. The molecule has 0 spiro atoms. The summed E-state index contributed by atoms with van der Waals surface area (Å²) in [6.07, 6.45) is 0.578. The first-order valence-electron chi connectivity index (χ1n) is 3.37. The summed E-state index contributed by atoms with van der Waals surface area (Å²) < 4.78 is 0. The minimum atomic E-state index is -0.650. The molecule has 0 aliphatic carbocycles. The van der Waals surface area contributed by atoms with Crippen LogP contribution in [0, 0.1) is 10.1 Å². The van der Waals surface area contributed by atoms with Gasteiger partial charge in [-0.3, -0.25) is 0 Å². The Morgan fingerprint density at radius 3 is 2.62 bits per heavy atom. The summed E-state index contributed by atoms with van der Waals surface area (Å²) >= 11 is 5.62. The van der Waals surface area contributed by atoms with Gasteiger partial charge in [-0.05, 0) is 29.2 Å². The van der Waals surface area contributed by atoms with Crippen LogP contribution >= 0.6 is 11.6 Å². The van der Waals surface area contributed by atoms with Gasteiger partial charge in [-0.25, -0.2) is 0 Å². The van der Waals surface area contributed by atoms with Gasteiger partial charge in [0.05, 0.1) is 5.69 Å². The van der Waals surface area contributed by atoms with Crippen molar-refractivity contribution in [2.75, 3.05) is 5.43 Å². The van der Waals surface area contributed by atoms with E-state index in [2.05, 4.69) is 10.5 Å². The van der Waals surface area contributed by atoms with E-state index in [0.29, 0.717) is 17.0 Å². The Morgan fingerprint density at radius 1 is 1.46 bits per heavy atom. The number of hydrogen-bond donors (Lipinski definition) is 1. The quantitative estimate of drug-likeness (QED) is 0.350. The molecule has 1 aromatic carbocycles. The van der Waals surface area contributed by atoms with Crippen molar-refractivity contribution in [1.29, 1.82) is 0 Å². The van der Waals surface area contributed by atoms with Gasteiger partial charge >= 0.3 is 6.34 Å². The SMILES string of the molecule is O=[N+]([O-])/C=N\Nc1ccc(Cl)cc1. The van der Waals surface area contributed by atoms with Gasteiger partial charge in [-0.1, -0.05) is 11.6 Å². The number of anilines is 1. The monoisotopic (exact) mass is 199 g/mol. The van der Waals surface area contributed by atoms with Crippen LogP contribution in [0.2, 0.25) is 5.02 Å². The molecule has 0 aliphatic heterocycles. The molecule has 0 radical (unpaired) electrons. The third-order valence-electron chi connectivity index (χ3n) is 1.19. The zero-order valence-electron chi connectivity index (χ0n) is 6.48. The van der Waals surface area contributed by atoms with E-state index >= 15 is 0 Å². The van der Waals surface area contributed by atoms with Crippen LogP contribution in [0.25, 0.3) is 0 Å². The molecule has 0 saturated heterocycles. The van der Waals surface area contributed by atoms with Gasteiger partial charge in [0.2, 0.25) is 0 Å². The fourth-order valence-corrected chi connectivity index (χ4v) is 0.801. The van der Waals surface area contributed by atoms with E-state index in [-0.39, 0.29) is 0 Å². The number of nitro groups is 1. The van der Waals surface area contributed by atoms with Gasteiger partial charge in [0.1, 0.15) is 0 Å². The maximum absolute atomic E-state index is 9.84. The summed E-state index contributed by atoms with van der Waals surface area (Å²) in [5, 5.41) is 13.8. The highest BCUT2D eigenvalue weighted by atomic mass is 35.5. The van der Waals surface area contributed by atoms with Crippen LogP contribution in [0.4, 0.5) is 5.69 Å². The molecule has 0 saturated carbocycles. The first-order valence-corrected chi connectivity index (χ1v) is 3.74. The number of nitrogens with one attached hydrogen (secondary N) is 1. The van der Waals surface area contributed by atoms with Gasteiger partial charge in [-0.15, -0.1) is 0 Å². The van der Waals surface area contributed by atoms with E-state index in [1.807, 2.05) is 0 Å². The molecule has 0 amide bonds. The summed E-state index contributed by atoms with van der Waals surface area (Å²) in [5.74, 6) is 0. The third kappa shape index (κ3) is 3.53. The predicted octanol–water partition coefficient (Wildman–Crippen LogP) is 1.97. The summed E-state index contributed by atoms with van der Waals surface area (Å²) in [7, 11) is 0. The van der Waals surface area contributed by atoms with E-state index in [4.69, 9.17) is 11.6 Å². The molecule has 1 aromatic rings. The zero-order valence-corrected chi connectivity index (χ0v) is 7.23. The van der Waals surface area contributed by atoms with Crippen molar-refractivity contribution in [3.63, 3.8) is 0 Å². The number of nitrogens with zero attached hydrogens (tertiary/aromatic N) is 2. The Bertz CT molecular complexity index is 323. The normalized spacial score (nSPS) is 10.2. The highest BCUT2D eigenvalue weighted by Gasteiger charge is 1.92. The second kappa shape index (κ2) is 4.42. The summed E-state index contributed by atoms with van der Waals surface area (Å²) in [5.41, 5.74) is 3.11. The Kier molecular flexibility index (Phi) is 3.22. The fraction of sp³-hybridized carbons (Fsp3) is 0. The van der Waals surface area contributed by atoms with Crippen molar-refractivity contribution >= 4 is 23.6 Å². The van der Waals surface area contributed by atoms with Crippen LogP contribution in [0.15, 0.2) is 29.4 Å². The molecular weight excluding hydrogens is 194 g/mol. The Balaban J connectivity index is 2.55. The number of benzene rings is 1. The van der Waals surface area contributed by atoms with Crippen molar-refractivity contribution in [3.8, 4) is 0 Å². The lowest BCUT2D eigenvalue weighted by Gasteiger charge is -1.93. The number of hydrazone groups is 1. The highest BCUT2D eigenvalue weighted by Crippen LogP contribution is 2.12. The molecular formula is C7H6ClN3O2. The molecule has 0 unspecified atom stereocenters. The molecule has 1 N–H and O–H groups in total. The van der Waals surface area contributed by atoms with E-state index in [9.17, 15) is 10.1 Å². The van der Waals surface area contributed by atoms with Crippen LogP contribution in [0.5, 0.6) is 0 Å². The number of rotatable bonds is 3. The van der Waals surface area contributed by atoms with Crippen LogP contribution in [-0.4, -0.2) is 11.3 Å². The topological polar surface area (TPSA) is 67.5 Å². The Labute approximate surface area is 79.2 Å². The van der Waals surface area contributed by atoms with Gasteiger partial charge in [0.25, 0.3) is 0 Å². The van der Waals surface area contributed by atoms with Gasteiger partial charge < -0.3 is 10.1 Å². The Morgan fingerprint density at radius 2 is 2.08 bits per heavy atom. The van der Waals surface area contributed by atoms with Crippen molar-refractivity contribution in [1.82, 2.24) is 0 Å². The Hall–Kier alpha value is -1.62. The van der Waals surface area contributed by atoms with Crippen LogP contribution in [-0.2, 0) is 0 Å². The van der Waals surface area contributed by atoms with E-state index < -0.39 is 4.92 Å². The van der Waals surface area contributed by atoms with Crippen LogP contribution in [0.1, 0.15) is 0 Å². The first-order chi connectivity index (χ1) is 6.18. The maximum atomic E-state index is 9.84. The van der Waals surface area contributed by atoms with Crippen molar-refractivity contribution in [2.45, 2.75) is 0 Å². The van der Waals surface area contributed by atoms with Gasteiger partial charge in [0, 0.05) is 10.1 Å². The second-order valence-electron chi connectivity index (χ2n) is 2.15. The summed E-state index contributed by atoms with van der Waals surface area (Å²) in [6, 6.07) is 6.65. The standard InChI is InChI=1S/C7H6ClN3O2/c8-6-1-3-7(4-2-6)10-9-5-11(12)13/h1-5,10H/b9-5-. The molecule has 6 heteroatoms. The maximum Gasteiger partial charge on any atom is 0.352 e. The van der Waals surface area contributed by atoms with Crippen LogP contribution < -0.4 is 5.43 Å². The van der Waals surface area contributed by atoms with E-state index in [1.165, 1.54) is 0 Å². The lowest BCUT2D eigenvalue weighted by Crippen LogP contribution is -1.96. The lowest BCUT2D eigenvalue weighted by atomic mass is 10.3. The van der Waals surface area contributed by atoms with Gasteiger partial charge in [0.15, 0.2) is 0 Å². The second-order valence-corrected chi connectivity index (χ2v) is 2.59. The van der Waals surface area contributed by atoms with E-state index in [0.717, 1.165) is 0 Å². The third-order valence-corrected chi connectivity index (χ3v) is 1.44. The van der Waals surface area contributed by atoms with Crippen LogP contribution in [0.3, 0.4) is 0 Å². The van der Waals surface area contributed by atoms with Crippen molar-refractivity contribution < 1.29 is 4.92 Å². The number of hydrogen-bond acceptors (Lipinski definition) is 4. The summed E-state index contributed by atoms with van der Waals surface area (Å²) in [4.78, 5) is 9.19. The molecule has 0 bridgehead atoms. The number of halogens is 1. The minimum Gasteiger partial charge on any atom is -0.358 e. The molecule has 0 fully saturated rings. The molecule has 1 rings (SSSR count). The molecule has 0 heterocycles. The van der Waals surface area contributed by atoms with Crippen molar-refractivity contribution in [2.24, 2.45) is 5.10 Å². The average molecular weight is 200 g/mol. The predicted molar refractivity (Wildman–Crippen MR) is 50.6 cm³/mol. The molecule has 68 valence electrons. The molecule has 0 aromatic heterocycles. The van der Waals surface area contributed by atoms with Crippen molar-refractivity contribution in [3.05, 3.63) is 39.4 Å². The summed E-state index contributed by atoms with van der Waals surface area (Å²) in [6.45, 7) is 0. The molecule has 0 atom stereocenters.